The Bertz CT molecular complexity index is 1230. The largest absolute Gasteiger partial charge is 0.356 e. The van der Waals surface area contributed by atoms with E-state index < -0.39 is 10.0 Å². The lowest BCUT2D eigenvalue weighted by Crippen LogP contribution is -2.32. The van der Waals surface area contributed by atoms with Crippen molar-refractivity contribution in [2.45, 2.75) is 77.7 Å². The second-order valence-corrected chi connectivity index (χ2v) is 13.3. The molecule has 1 saturated carbocycles. The molecule has 196 valence electrons. The topological polar surface area (TPSA) is 91.4 Å². The third kappa shape index (κ3) is 6.20. The second kappa shape index (κ2) is 10.0. The zero-order chi connectivity index (χ0) is 26.3. The average Bonchev–Trinajstić information content (AvgIpc) is 3.60. The van der Waals surface area contributed by atoms with Crippen LogP contribution >= 0.6 is 0 Å². The van der Waals surface area contributed by atoms with Gasteiger partial charge in [0.15, 0.2) is 0 Å². The van der Waals surface area contributed by atoms with Gasteiger partial charge in [-0.1, -0.05) is 39.0 Å². The molecule has 2 aliphatic rings. The van der Waals surface area contributed by atoms with E-state index in [2.05, 4.69) is 47.8 Å². The lowest BCUT2D eigenvalue weighted by molar-refractivity contribution is -0.123. The number of carbonyl (C=O) groups excluding carboxylic acids is 1. The highest BCUT2D eigenvalue weighted by Gasteiger charge is 2.46. The van der Waals surface area contributed by atoms with Gasteiger partial charge in [0.05, 0.1) is 18.0 Å². The number of benzene rings is 1. The van der Waals surface area contributed by atoms with Crippen LogP contribution in [0.15, 0.2) is 30.3 Å². The number of hydrogen-bond acceptors (Lipinski definition) is 5. The Morgan fingerprint density at radius 3 is 2.42 bits per heavy atom. The number of pyridine rings is 1. The highest BCUT2D eigenvalue weighted by atomic mass is 32.2. The van der Waals surface area contributed by atoms with Crippen LogP contribution in [-0.2, 0) is 20.2 Å². The van der Waals surface area contributed by atoms with Gasteiger partial charge in [-0.25, -0.2) is 13.4 Å². The van der Waals surface area contributed by atoms with Crippen LogP contribution in [0.5, 0.6) is 0 Å². The Kier molecular flexibility index (Phi) is 7.37. The molecule has 0 radical (unpaired) electrons. The van der Waals surface area contributed by atoms with Crippen molar-refractivity contribution in [3.05, 3.63) is 52.7 Å². The molecule has 1 amide bonds. The number of piperidine rings is 1. The van der Waals surface area contributed by atoms with Gasteiger partial charge in [0.1, 0.15) is 5.82 Å². The number of carbonyl (C=O) groups is 1. The van der Waals surface area contributed by atoms with E-state index in [1.165, 1.54) is 24.8 Å². The summed E-state index contributed by atoms with van der Waals surface area (Å²) in [6, 6.07) is 9.70. The molecular weight excluding hydrogens is 472 g/mol. The van der Waals surface area contributed by atoms with Crippen molar-refractivity contribution in [3.8, 4) is 0 Å². The van der Waals surface area contributed by atoms with Gasteiger partial charge in [0.2, 0.25) is 15.9 Å². The molecular formula is C28H40N4O3S. The third-order valence-electron chi connectivity index (χ3n) is 7.26. The van der Waals surface area contributed by atoms with Crippen molar-refractivity contribution in [1.82, 2.24) is 10.3 Å². The van der Waals surface area contributed by atoms with Gasteiger partial charge < -0.3 is 10.2 Å². The predicted molar refractivity (Wildman–Crippen MR) is 146 cm³/mol. The van der Waals surface area contributed by atoms with Gasteiger partial charge in [-0.2, -0.15) is 0 Å². The molecule has 3 atom stereocenters. The van der Waals surface area contributed by atoms with Crippen LogP contribution in [0.1, 0.15) is 87.7 Å². The fraction of sp³-hybridized carbons (Fsp3) is 0.571. The second-order valence-electron chi connectivity index (χ2n) is 11.5. The third-order valence-corrected chi connectivity index (χ3v) is 7.85. The van der Waals surface area contributed by atoms with E-state index in [0.29, 0.717) is 5.69 Å². The van der Waals surface area contributed by atoms with E-state index in [4.69, 9.17) is 4.98 Å². The summed E-state index contributed by atoms with van der Waals surface area (Å²) in [5, 5.41) is 3.18. The first-order valence-corrected chi connectivity index (χ1v) is 14.9. The first kappa shape index (κ1) is 26.5. The Morgan fingerprint density at radius 2 is 1.81 bits per heavy atom. The van der Waals surface area contributed by atoms with Crippen molar-refractivity contribution in [2.75, 3.05) is 29.0 Å². The van der Waals surface area contributed by atoms with Crippen LogP contribution in [0.4, 0.5) is 11.5 Å². The molecule has 36 heavy (non-hydrogen) atoms. The van der Waals surface area contributed by atoms with Crippen molar-refractivity contribution in [2.24, 2.45) is 5.92 Å². The van der Waals surface area contributed by atoms with E-state index in [1.807, 2.05) is 26.0 Å². The van der Waals surface area contributed by atoms with Crippen LogP contribution in [0.25, 0.3) is 0 Å². The molecule has 2 N–H and O–H groups in total. The molecule has 1 aliphatic carbocycles. The maximum atomic E-state index is 13.2. The summed E-state index contributed by atoms with van der Waals surface area (Å²) in [5.74, 6) is 1.28. The molecule has 1 saturated heterocycles. The van der Waals surface area contributed by atoms with Gasteiger partial charge in [-0.05, 0) is 74.3 Å². The number of nitrogens with zero attached hydrogens (tertiary/aromatic N) is 2. The first-order chi connectivity index (χ1) is 16.8. The minimum absolute atomic E-state index is 0.0245. The number of amides is 1. The predicted octanol–water partition coefficient (Wildman–Crippen LogP) is 5.03. The number of nitrogens with one attached hydrogen (secondary N) is 2. The van der Waals surface area contributed by atoms with Gasteiger partial charge in [0, 0.05) is 30.1 Å². The van der Waals surface area contributed by atoms with E-state index in [1.54, 1.807) is 6.07 Å². The van der Waals surface area contributed by atoms with Crippen LogP contribution in [0, 0.1) is 12.8 Å². The van der Waals surface area contributed by atoms with Gasteiger partial charge in [-0.15, -0.1) is 0 Å². The monoisotopic (exact) mass is 512 g/mol. The first-order valence-electron chi connectivity index (χ1n) is 13.0. The molecule has 1 aromatic heterocycles. The fourth-order valence-electron chi connectivity index (χ4n) is 5.03. The summed E-state index contributed by atoms with van der Waals surface area (Å²) in [4.78, 5) is 20.7. The smallest absolute Gasteiger partial charge is 0.229 e. The molecule has 0 spiro atoms. The van der Waals surface area contributed by atoms with Crippen LogP contribution in [0.3, 0.4) is 0 Å². The lowest BCUT2D eigenvalue weighted by atomic mass is 9.91. The minimum atomic E-state index is -3.34. The molecule has 1 aromatic carbocycles. The van der Waals surface area contributed by atoms with E-state index in [-0.39, 0.29) is 29.2 Å². The molecule has 2 heterocycles. The summed E-state index contributed by atoms with van der Waals surface area (Å²) < 4.78 is 25.7. The van der Waals surface area contributed by atoms with Crippen molar-refractivity contribution in [3.63, 3.8) is 0 Å². The number of hydrogen-bond donors (Lipinski definition) is 2. The van der Waals surface area contributed by atoms with Crippen molar-refractivity contribution in [1.29, 1.82) is 0 Å². The lowest BCUT2D eigenvalue weighted by Gasteiger charge is -2.31. The zero-order valence-electron chi connectivity index (χ0n) is 22.4. The summed E-state index contributed by atoms with van der Waals surface area (Å²) in [6.07, 6.45) is 5.61. The van der Waals surface area contributed by atoms with Gasteiger partial charge in [-0.3, -0.25) is 9.52 Å². The molecule has 8 heteroatoms. The highest BCUT2D eigenvalue weighted by Crippen LogP contribution is 2.51. The van der Waals surface area contributed by atoms with Gasteiger partial charge >= 0.3 is 0 Å². The average molecular weight is 513 g/mol. The zero-order valence-corrected chi connectivity index (χ0v) is 23.2. The quantitative estimate of drug-likeness (QED) is 0.543. The Morgan fingerprint density at radius 1 is 1.11 bits per heavy atom. The molecule has 4 rings (SSSR count). The van der Waals surface area contributed by atoms with E-state index >= 15 is 0 Å². The Balaban J connectivity index is 1.47. The summed E-state index contributed by atoms with van der Waals surface area (Å²) in [7, 11) is -3.34. The standard InChI is InChI=1S/C28H40N4O3S/c1-18-16-20(10-12-24(18)31-36(6,34)35)19(2)29-27(33)23-17-22(23)21-11-13-25(28(3,4)5)30-26(21)32-14-8-7-9-15-32/h10-13,16,19,22-23,31H,7-9,14-15,17H2,1-6H3,(H,29,33)/t19-,22?,23?/m1/s1. The number of anilines is 2. The minimum Gasteiger partial charge on any atom is -0.356 e. The van der Waals surface area contributed by atoms with Gasteiger partial charge in [0.25, 0.3) is 0 Å². The Labute approximate surface area is 216 Å². The number of aryl methyl sites for hydroxylation is 1. The Hall–Kier alpha value is -2.61. The maximum Gasteiger partial charge on any atom is 0.229 e. The normalized spacial score (nSPS) is 21.1. The van der Waals surface area contributed by atoms with Crippen LogP contribution < -0.4 is 14.9 Å². The highest BCUT2D eigenvalue weighted by molar-refractivity contribution is 7.92. The molecule has 2 fully saturated rings. The summed E-state index contributed by atoms with van der Waals surface area (Å²) >= 11 is 0. The summed E-state index contributed by atoms with van der Waals surface area (Å²) in [6.45, 7) is 12.4. The number of aromatic nitrogens is 1. The molecule has 7 nitrogen and oxygen atoms in total. The molecule has 2 aromatic rings. The van der Waals surface area contributed by atoms with E-state index in [9.17, 15) is 13.2 Å². The molecule has 0 bridgehead atoms. The van der Waals surface area contributed by atoms with Crippen molar-refractivity contribution >= 4 is 27.4 Å². The number of sulfonamides is 1. The van der Waals surface area contributed by atoms with Crippen LogP contribution in [-0.4, -0.2) is 38.7 Å². The number of rotatable bonds is 7. The maximum absolute atomic E-state index is 13.2. The molecule has 1 aliphatic heterocycles. The molecule has 2 unspecified atom stereocenters. The SMILES string of the molecule is Cc1cc([C@@H](C)NC(=O)C2CC2c2ccc(C(C)(C)C)nc2N2CCCCC2)ccc1NS(C)(=O)=O. The van der Waals surface area contributed by atoms with E-state index in [0.717, 1.165) is 48.4 Å². The fourth-order valence-corrected chi connectivity index (χ4v) is 5.66. The van der Waals surface area contributed by atoms with Crippen LogP contribution in [0.2, 0.25) is 0 Å². The summed E-state index contributed by atoms with van der Waals surface area (Å²) in [5.41, 5.74) is 4.58. The van der Waals surface area contributed by atoms with Crippen molar-refractivity contribution < 1.29 is 13.2 Å².